The van der Waals surface area contributed by atoms with Crippen molar-refractivity contribution in [3.63, 3.8) is 0 Å². The maximum absolute atomic E-state index is 12.0. The molecule has 1 unspecified atom stereocenters. The number of carboxylic acids is 1. The second-order valence-corrected chi connectivity index (χ2v) is 4.89. The Kier molecular flexibility index (Phi) is 3.52. The van der Waals surface area contributed by atoms with Gasteiger partial charge in [0.1, 0.15) is 5.54 Å². The molecule has 0 radical (unpaired) electrons. The third-order valence-corrected chi connectivity index (χ3v) is 3.63. The molecule has 0 bridgehead atoms. The van der Waals surface area contributed by atoms with Crippen LogP contribution in [0.2, 0.25) is 0 Å². The molecule has 5 heteroatoms. The van der Waals surface area contributed by atoms with Gasteiger partial charge in [0.15, 0.2) is 0 Å². The normalized spacial score (nSPS) is 30.9. The number of hydrogen-bond donors (Lipinski definition) is 3. The summed E-state index contributed by atoms with van der Waals surface area (Å²) in [6.45, 7) is 4.45. The highest BCUT2D eigenvalue weighted by Crippen LogP contribution is 2.30. The van der Waals surface area contributed by atoms with E-state index in [9.17, 15) is 14.7 Å². The van der Waals surface area contributed by atoms with Crippen LogP contribution in [0.4, 0.5) is 0 Å². The molecule has 1 saturated heterocycles. The topological polar surface area (TPSA) is 78.4 Å². The SMILES string of the molecule is C=CC1=CCC(NC(=O)[C@@H]2CCCN2)(C(=O)O)C1. The van der Waals surface area contributed by atoms with Crippen LogP contribution in [0.3, 0.4) is 0 Å². The Labute approximate surface area is 106 Å². The molecule has 1 aliphatic carbocycles. The number of amides is 1. The molecule has 2 atom stereocenters. The lowest BCUT2D eigenvalue weighted by Gasteiger charge is -2.27. The average molecular weight is 250 g/mol. The van der Waals surface area contributed by atoms with Crippen molar-refractivity contribution in [1.82, 2.24) is 10.6 Å². The molecule has 0 aromatic rings. The Morgan fingerprint density at radius 2 is 2.39 bits per heavy atom. The van der Waals surface area contributed by atoms with Gasteiger partial charge in [0.25, 0.3) is 0 Å². The molecular formula is C13H18N2O3. The minimum absolute atomic E-state index is 0.214. The predicted molar refractivity (Wildman–Crippen MR) is 67.0 cm³/mol. The maximum Gasteiger partial charge on any atom is 0.330 e. The van der Waals surface area contributed by atoms with E-state index in [0.717, 1.165) is 25.0 Å². The molecule has 3 N–H and O–H groups in total. The summed E-state index contributed by atoms with van der Waals surface area (Å²) in [4.78, 5) is 23.5. The first-order valence-corrected chi connectivity index (χ1v) is 6.18. The summed E-state index contributed by atoms with van der Waals surface area (Å²) in [5, 5.41) is 15.1. The fraction of sp³-hybridized carbons (Fsp3) is 0.538. The van der Waals surface area contributed by atoms with E-state index in [2.05, 4.69) is 17.2 Å². The minimum Gasteiger partial charge on any atom is -0.479 e. The maximum atomic E-state index is 12.0. The van der Waals surface area contributed by atoms with Crippen LogP contribution in [0.1, 0.15) is 25.7 Å². The highest BCUT2D eigenvalue weighted by Gasteiger charge is 2.43. The Morgan fingerprint density at radius 1 is 1.61 bits per heavy atom. The van der Waals surface area contributed by atoms with Crippen LogP contribution in [0.25, 0.3) is 0 Å². The molecule has 1 aliphatic heterocycles. The summed E-state index contributed by atoms with van der Waals surface area (Å²) >= 11 is 0. The molecule has 1 fully saturated rings. The van der Waals surface area contributed by atoms with Gasteiger partial charge in [0, 0.05) is 12.8 Å². The van der Waals surface area contributed by atoms with E-state index in [1.54, 1.807) is 6.08 Å². The van der Waals surface area contributed by atoms with Crippen molar-refractivity contribution < 1.29 is 14.7 Å². The summed E-state index contributed by atoms with van der Waals surface area (Å²) in [6, 6.07) is -0.256. The third-order valence-electron chi connectivity index (χ3n) is 3.63. The number of hydrogen-bond acceptors (Lipinski definition) is 3. The molecule has 2 aliphatic rings. The predicted octanol–water partition coefficient (Wildman–Crippen LogP) is 0.584. The monoisotopic (exact) mass is 250 g/mol. The van der Waals surface area contributed by atoms with Crippen LogP contribution in [-0.4, -0.2) is 35.1 Å². The van der Waals surface area contributed by atoms with E-state index >= 15 is 0 Å². The number of nitrogens with one attached hydrogen (secondary N) is 2. The van der Waals surface area contributed by atoms with Gasteiger partial charge in [-0.15, -0.1) is 0 Å². The first-order valence-electron chi connectivity index (χ1n) is 6.18. The molecule has 0 aromatic carbocycles. The van der Waals surface area contributed by atoms with Crippen molar-refractivity contribution in [3.05, 3.63) is 24.3 Å². The quantitative estimate of drug-likeness (QED) is 0.682. The number of carbonyl (C=O) groups excluding carboxylic acids is 1. The number of rotatable bonds is 4. The lowest BCUT2D eigenvalue weighted by molar-refractivity contribution is -0.147. The van der Waals surface area contributed by atoms with Gasteiger partial charge >= 0.3 is 5.97 Å². The summed E-state index contributed by atoms with van der Waals surface area (Å²) < 4.78 is 0. The fourth-order valence-corrected chi connectivity index (χ4v) is 2.50. The Hall–Kier alpha value is -1.62. The molecule has 5 nitrogen and oxygen atoms in total. The van der Waals surface area contributed by atoms with E-state index in [0.29, 0.717) is 12.8 Å². The number of carbonyl (C=O) groups is 2. The number of allylic oxidation sites excluding steroid dienone is 1. The Balaban J connectivity index is 2.06. The van der Waals surface area contributed by atoms with Crippen LogP contribution in [0.5, 0.6) is 0 Å². The van der Waals surface area contributed by atoms with Crippen molar-refractivity contribution >= 4 is 11.9 Å². The van der Waals surface area contributed by atoms with Gasteiger partial charge in [0.05, 0.1) is 6.04 Å². The molecule has 0 aromatic heterocycles. The van der Waals surface area contributed by atoms with Gasteiger partial charge in [-0.3, -0.25) is 4.79 Å². The highest BCUT2D eigenvalue weighted by molar-refractivity contribution is 5.90. The van der Waals surface area contributed by atoms with E-state index in [1.807, 2.05) is 6.08 Å². The Bertz CT molecular complexity index is 410. The highest BCUT2D eigenvalue weighted by atomic mass is 16.4. The smallest absolute Gasteiger partial charge is 0.330 e. The van der Waals surface area contributed by atoms with Crippen molar-refractivity contribution in [2.75, 3.05) is 6.54 Å². The minimum atomic E-state index is -1.19. The standard InChI is InChI=1S/C13H18N2O3/c1-2-9-5-6-13(8-9,12(17)18)15-11(16)10-4-3-7-14-10/h2,5,10,14H,1,3-4,6-8H2,(H,15,16)(H,17,18)/t10-,13?/m0/s1. The first kappa shape index (κ1) is 12.8. The van der Waals surface area contributed by atoms with Crippen molar-refractivity contribution in [2.45, 2.75) is 37.3 Å². The average Bonchev–Trinajstić information content (AvgIpc) is 2.98. The zero-order chi connectivity index (χ0) is 13.2. The zero-order valence-corrected chi connectivity index (χ0v) is 10.2. The second-order valence-electron chi connectivity index (χ2n) is 4.89. The molecular weight excluding hydrogens is 232 g/mol. The molecule has 2 rings (SSSR count). The van der Waals surface area contributed by atoms with Gasteiger partial charge in [-0.2, -0.15) is 0 Å². The van der Waals surface area contributed by atoms with Crippen LogP contribution in [0.15, 0.2) is 24.3 Å². The van der Waals surface area contributed by atoms with Gasteiger partial charge in [-0.25, -0.2) is 4.79 Å². The van der Waals surface area contributed by atoms with Gasteiger partial charge < -0.3 is 15.7 Å². The van der Waals surface area contributed by atoms with E-state index in [4.69, 9.17) is 0 Å². The molecule has 18 heavy (non-hydrogen) atoms. The van der Waals surface area contributed by atoms with Crippen LogP contribution in [0, 0.1) is 0 Å². The zero-order valence-electron chi connectivity index (χ0n) is 10.2. The summed E-state index contributed by atoms with van der Waals surface area (Å²) in [5.74, 6) is -1.20. The lowest BCUT2D eigenvalue weighted by atomic mass is 9.94. The first-order chi connectivity index (χ1) is 8.57. The van der Waals surface area contributed by atoms with E-state index in [1.165, 1.54) is 0 Å². The van der Waals surface area contributed by atoms with E-state index < -0.39 is 11.5 Å². The summed E-state index contributed by atoms with van der Waals surface area (Å²) in [7, 11) is 0. The third kappa shape index (κ3) is 2.31. The van der Waals surface area contributed by atoms with Gasteiger partial charge in [-0.1, -0.05) is 18.7 Å². The molecule has 1 amide bonds. The molecule has 0 spiro atoms. The van der Waals surface area contributed by atoms with Gasteiger partial charge in [0.2, 0.25) is 5.91 Å². The number of aliphatic carboxylic acids is 1. The van der Waals surface area contributed by atoms with Crippen LogP contribution >= 0.6 is 0 Å². The van der Waals surface area contributed by atoms with Crippen LogP contribution in [-0.2, 0) is 9.59 Å². The van der Waals surface area contributed by atoms with E-state index in [-0.39, 0.29) is 11.9 Å². The molecule has 98 valence electrons. The van der Waals surface area contributed by atoms with Crippen molar-refractivity contribution in [2.24, 2.45) is 0 Å². The largest absolute Gasteiger partial charge is 0.479 e. The summed E-state index contributed by atoms with van der Waals surface area (Å²) in [5.41, 5.74) is -0.317. The Morgan fingerprint density at radius 3 is 2.89 bits per heavy atom. The molecule has 1 heterocycles. The summed E-state index contributed by atoms with van der Waals surface area (Å²) in [6.07, 6.45) is 5.82. The van der Waals surface area contributed by atoms with Crippen molar-refractivity contribution in [3.8, 4) is 0 Å². The van der Waals surface area contributed by atoms with Gasteiger partial charge in [-0.05, 0) is 25.0 Å². The second kappa shape index (κ2) is 4.94. The van der Waals surface area contributed by atoms with Crippen LogP contribution < -0.4 is 10.6 Å². The lowest BCUT2D eigenvalue weighted by Crippen LogP contribution is -2.56. The molecule has 0 saturated carbocycles. The number of carboxylic acid groups (broad SMARTS) is 1. The fourth-order valence-electron chi connectivity index (χ4n) is 2.50. The van der Waals surface area contributed by atoms with Crippen molar-refractivity contribution in [1.29, 1.82) is 0 Å².